The smallest absolute Gasteiger partial charge is 0.194 e. The molecule has 0 bridgehead atoms. The van der Waals surface area contributed by atoms with Gasteiger partial charge in [0.25, 0.3) is 0 Å². The summed E-state index contributed by atoms with van der Waals surface area (Å²) >= 11 is 6.14. The summed E-state index contributed by atoms with van der Waals surface area (Å²) in [5.74, 6) is 0.0670. The van der Waals surface area contributed by atoms with Gasteiger partial charge < -0.3 is 4.74 Å². The first-order valence-electron chi connectivity index (χ1n) is 7.16. The predicted octanol–water partition coefficient (Wildman–Crippen LogP) is 4.82. The molecular weight excluding hydrogens is 272 g/mol. The van der Waals surface area contributed by atoms with Crippen LogP contribution in [-0.4, -0.2) is 18.5 Å². The molecule has 0 radical (unpaired) electrons. The Labute approximate surface area is 126 Å². The third-order valence-corrected chi connectivity index (χ3v) is 5.06. The van der Waals surface area contributed by atoms with E-state index in [9.17, 15) is 4.79 Å². The van der Waals surface area contributed by atoms with Gasteiger partial charge in [-0.15, -0.1) is 0 Å². The largest absolute Gasteiger partial charge is 0.370 e. The van der Waals surface area contributed by atoms with Crippen molar-refractivity contribution in [1.82, 2.24) is 0 Å². The van der Waals surface area contributed by atoms with E-state index in [1.165, 1.54) is 0 Å². The lowest BCUT2D eigenvalue weighted by Gasteiger charge is -2.41. The van der Waals surface area contributed by atoms with Gasteiger partial charge in [-0.2, -0.15) is 0 Å². The van der Waals surface area contributed by atoms with Crippen LogP contribution in [-0.2, 0) is 4.74 Å². The van der Waals surface area contributed by atoms with Gasteiger partial charge in [0.1, 0.15) is 5.60 Å². The van der Waals surface area contributed by atoms with Crippen LogP contribution < -0.4 is 0 Å². The molecule has 1 aromatic rings. The number of benzene rings is 1. The molecule has 0 N–H and O–H groups in total. The van der Waals surface area contributed by atoms with Crippen LogP contribution in [0.2, 0.25) is 5.02 Å². The van der Waals surface area contributed by atoms with E-state index in [1.54, 1.807) is 13.2 Å². The molecule has 0 atom stereocenters. The zero-order valence-electron chi connectivity index (χ0n) is 12.8. The first-order valence-corrected chi connectivity index (χ1v) is 7.54. The number of aryl methyl sites for hydroxylation is 1. The second kappa shape index (κ2) is 5.50. The second-order valence-corrected chi connectivity index (χ2v) is 7.06. The van der Waals surface area contributed by atoms with Crippen molar-refractivity contribution in [2.45, 2.75) is 52.1 Å². The first kappa shape index (κ1) is 15.5. The van der Waals surface area contributed by atoms with Gasteiger partial charge in [0.2, 0.25) is 0 Å². The Balaban J connectivity index is 2.27. The molecule has 110 valence electrons. The maximum atomic E-state index is 12.8. The lowest BCUT2D eigenvalue weighted by atomic mass is 9.68. The van der Waals surface area contributed by atoms with Gasteiger partial charge in [-0.05, 0) is 49.7 Å². The van der Waals surface area contributed by atoms with E-state index in [1.807, 2.05) is 19.1 Å². The fourth-order valence-electron chi connectivity index (χ4n) is 2.85. The van der Waals surface area contributed by atoms with Crippen LogP contribution >= 0.6 is 11.6 Å². The fourth-order valence-corrected chi connectivity index (χ4v) is 3.03. The lowest BCUT2D eigenvalue weighted by Crippen LogP contribution is -2.45. The summed E-state index contributed by atoms with van der Waals surface area (Å²) in [6.07, 6.45) is 3.57. The van der Waals surface area contributed by atoms with Crippen molar-refractivity contribution in [1.29, 1.82) is 0 Å². The zero-order chi connectivity index (χ0) is 15.0. The lowest BCUT2D eigenvalue weighted by molar-refractivity contribution is -0.0383. The Hall–Kier alpha value is -0.860. The van der Waals surface area contributed by atoms with E-state index in [-0.39, 0.29) is 5.78 Å². The number of carbonyl (C=O) groups excluding carboxylic acids is 1. The Bertz CT molecular complexity index is 510. The van der Waals surface area contributed by atoms with Gasteiger partial charge in [-0.25, -0.2) is 0 Å². The van der Waals surface area contributed by atoms with Crippen molar-refractivity contribution in [3.05, 3.63) is 34.3 Å². The number of methoxy groups -OCH3 is 1. The normalized spacial score (nSPS) is 20.6. The summed E-state index contributed by atoms with van der Waals surface area (Å²) in [5.41, 5.74) is 1.27. The van der Waals surface area contributed by atoms with Crippen molar-refractivity contribution in [3.63, 3.8) is 0 Å². The Morgan fingerprint density at radius 2 is 1.80 bits per heavy atom. The third kappa shape index (κ3) is 2.91. The highest BCUT2D eigenvalue weighted by Crippen LogP contribution is 2.43. The molecule has 20 heavy (non-hydrogen) atoms. The second-order valence-electron chi connectivity index (χ2n) is 6.66. The molecule has 1 fully saturated rings. The Morgan fingerprint density at radius 1 is 1.20 bits per heavy atom. The summed E-state index contributed by atoms with van der Waals surface area (Å²) < 4.78 is 5.67. The SMILES string of the molecule is COC1(C(=O)c2ccc(C)c(Cl)c2)CCC(C)(C)CC1. The average molecular weight is 295 g/mol. The monoisotopic (exact) mass is 294 g/mol. The van der Waals surface area contributed by atoms with Gasteiger partial charge in [-0.1, -0.05) is 37.6 Å². The number of rotatable bonds is 3. The van der Waals surface area contributed by atoms with Crippen molar-refractivity contribution in [2.75, 3.05) is 7.11 Å². The quantitative estimate of drug-likeness (QED) is 0.747. The van der Waals surface area contributed by atoms with Gasteiger partial charge in [0.05, 0.1) is 0 Å². The van der Waals surface area contributed by atoms with Crippen LogP contribution in [0.15, 0.2) is 18.2 Å². The molecule has 1 aromatic carbocycles. The summed E-state index contributed by atoms with van der Waals surface area (Å²) in [7, 11) is 1.64. The van der Waals surface area contributed by atoms with E-state index in [2.05, 4.69) is 13.8 Å². The van der Waals surface area contributed by atoms with E-state index in [0.29, 0.717) is 16.0 Å². The van der Waals surface area contributed by atoms with Crippen molar-refractivity contribution >= 4 is 17.4 Å². The molecular formula is C17H23ClO2. The van der Waals surface area contributed by atoms with E-state index in [4.69, 9.17) is 16.3 Å². The number of ether oxygens (including phenoxy) is 1. The molecule has 0 heterocycles. The van der Waals surface area contributed by atoms with Crippen LogP contribution in [0.1, 0.15) is 55.5 Å². The molecule has 2 nitrogen and oxygen atoms in total. The minimum atomic E-state index is -0.673. The summed E-state index contributed by atoms with van der Waals surface area (Å²) in [4.78, 5) is 12.8. The highest BCUT2D eigenvalue weighted by atomic mass is 35.5. The topological polar surface area (TPSA) is 26.3 Å². The molecule has 0 aromatic heterocycles. The van der Waals surface area contributed by atoms with Crippen molar-refractivity contribution in [2.24, 2.45) is 5.41 Å². The van der Waals surface area contributed by atoms with Gasteiger partial charge >= 0.3 is 0 Å². The molecule has 1 aliphatic rings. The van der Waals surface area contributed by atoms with Crippen LogP contribution in [0.25, 0.3) is 0 Å². The molecule has 0 unspecified atom stereocenters. The number of Topliss-reactive ketones (excluding diaryl/α,β-unsaturated/α-hetero) is 1. The van der Waals surface area contributed by atoms with Gasteiger partial charge in [0, 0.05) is 17.7 Å². The number of halogens is 1. The molecule has 0 aliphatic heterocycles. The number of carbonyl (C=O) groups is 1. The molecule has 1 aliphatic carbocycles. The maximum Gasteiger partial charge on any atom is 0.194 e. The highest BCUT2D eigenvalue weighted by molar-refractivity contribution is 6.31. The third-order valence-electron chi connectivity index (χ3n) is 4.65. The molecule has 1 saturated carbocycles. The summed E-state index contributed by atoms with van der Waals surface area (Å²) in [6.45, 7) is 6.44. The molecule has 3 heteroatoms. The molecule has 0 saturated heterocycles. The minimum absolute atomic E-state index is 0.0670. The van der Waals surface area contributed by atoms with E-state index >= 15 is 0 Å². The van der Waals surface area contributed by atoms with Crippen molar-refractivity contribution < 1.29 is 9.53 Å². The summed E-state index contributed by atoms with van der Waals surface area (Å²) in [5, 5.41) is 0.637. The highest BCUT2D eigenvalue weighted by Gasteiger charge is 2.44. The van der Waals surface area contributed by atoms with Gasteiger partial charge in [-0.3, -0.25) is 4.79 Å². The van der Waals surface area contributed by atoms with Gasteiger partial charge in [0.15, 0.2) is 5.78 Å². The van der Waals surface area contributed by atoms with Crippen LogP contribution in [0, 0.1) is 12.3 Å². The molecule has 0 amide bonds. The Morgan fingerprint density at radius 3 is 2.30 bits per heavy atom. The average Bonchev–Trinajstić information content (AvgIpc) is 2.42. The maximum absolute atomic E-state index is 12.8. The van der Waals surface area contributed by atoms with E-state index in [0.717, 1.165) is 31.2 Å². The zero-order valence-corrected chi connectivity index (χ0v) is 13.5. The van der Waals surface area contributed by atoms with Crippen LogP contribution in [0.5, 0.6) is 0 Å². The number of hydrogen-bond donors (Lipinski definition) is 0. The van der Waals surface area contributed by atoms with E-state index < -0.39 is 5.60 Å². The first-order chi connectivity index (χ1) is 9.30. The minimum Gasteiger partial charge on any atom is -0.370 e. The van der Waals surface area contributed by atoms with Crippen molar-refractivity contribution in [3.8, 4) is 0 Å². The summed E-state index contributed by atoms with van der Waals surface area (Å²) in [6, 6.07) is 5.51. The predicted molar refractivity (Wildman–Crippen MR) is 82.5 cm³/mol. The number of hydrogen-bond acceptors (Lipinski definition) is 2. The van der Waals surface area contributed by atoms with Crippen LogP contribution in [0.3, 0.4) is 0 Å². The van der Waals surface area contributed by atoms with Crippen LogP contribution in [0.4, 0.5) is 0 Å². The Kier molecular flexibility index (Phi) is 4.27. The molecule has 0 spiro atoms. The number of ketones is 1. The fraction of sp³-hybridized carbons (Fsp3) is 0.588. The molecule has 2 rings (SSSR count). The standard InChI is InChI=1S/C17H23ClO2/c1-12-5-6-13(11-14(12)18)15(19)17(20-4)9-7-16(2,3)8-10-17/h5-6,11H,7-10H2,1-4H3.